The van der Waals surface area contributed by atoms with Crippen molar-refractivity contribution in [2.75, 3.05) is 18.5 Å². The van der Waals surface area contributed by atoms with E-state index in [1.54, 1.807) is 32.9 Å². The highest BCUT2D eigenvalue weighted by molar-refractivity contribution is 7.14. The van der Waals surface area contributed by atoms with Crippen LogP contribution < -0.4 is 20.1 Å². The monoisotopic (exact) mass is 855 g/mol. The molecular weight excluding hydrogens is 805 g/mol. The Morgan fingerprint density at radius 1 is 0.852 bits per heavy atom. The second-order valence-electron chi connectivity index (χ2n) is 15.7. The highest BCUT2D eigenvalue weighted by Gasteiger charge is 2.29. The number of amides is 2. The van der Waals surface area contributed by atoms with E-state index in [2.05, 4.69) is 20.8 Å². The van der Waals surface area contributed by atoms with Crippen LogP contribution in [-0.4, -0.2) is 75.1 Å². The number of aryl methyl sites for hydroxylation is 2. The van der Waals surface area contributed by atoms with Gasteiger partial charge >= 0.3 is 24.1 Å². The number of alkyl carbamates (subject to hydrolysis) is 1. The van der Waals surface area contributed by atoms with Crippen LogP contribution in [0.25, 0.3) is 11.1 Å². The molecule has 0 radical (unpaired) electrons. The highest BCUT2D eigenvalue weighted by atomic mass is 32.1. The van der Waals surface area contributed by atoms with Crippen LogP contribution in [0.2, 0.25) is 0 Å². The van der Waals surface area contributed by atoms with Crippen LogP contribution in [0.4, 0.5) is 14.7 Å². The Balaban J connectivity index is 1.32. The number of nitrogens with zero attached hydrogens (tertiary/aromatic N) is 4. The average molecular weight is 856 g/mol. The summed E-state index contributed by atoms with van der Waals surface area (Å²) in [6.07, 6.45) is 1.20. The zero-order chi connectivity index (χ0) is 44.2. The van der Waals surface area contributed by atoms with E-state index >= 15 is 0 Å². The second kappa shape index (κ2) is 20.5. The predicted octanol–water partition coefficient (Wildman–Crippen LogP) is 7.28. The molecule has 0 saturated heterocycles. The van der Waals surface area contributed by atoms with Gasteiger partial charge in [-0.05, 0) is 76.8 Å². The molecule has 0 fully saturated rings. The second-order valence-corrected chi connectivity index (χ2v) is 16.6. The zero-order valence-corrected chi connectivity index (χ0v) is 35.9. The number of carboxylic acid groups (broad SMARTS) is 1. The molecule has 0 aliphatic rings. The molecular formula is C44H51N6O10S+. The standard InChI is InChI=1S/C44H50N6O10S/c1-43(2,3)59-41(54)45-23-14-24-50-26-32(25-49(50)7)29-19-21-33(22-20-29)57-35(39(53)58-37(30-15-10-8-11-16-30)31-17-12-9-13-18-31)27-56-48-36(38(51)52)34-28-61-40(46-34)47-42(55)60-44(4,5)6/h8-13,15-22,25-26,28,35,37H,14,23-24,27H2,1-7H3,(H2-,45,46,47,51,52,54,55)/p+1. The number of rotatable bonds is 17. The molecule has 0 aliphatic heterocycles. The molecule has 5 rings (SSSR count). The molecule has 0 spiro atoms. The average Bonchev–Trinajstić information content (AvgIpc) is 3.81. The van der Waals surface area contributed by atoms with E-state index in [1.807, 2.05) is 122 Å². The van der Waals surface area contributed by atoms with Crippen molar-refractivity contribution in [3.05, 3.63) is 120 Å². The lowest BCUT2D eigenvalue weighted by atomic mass is 10.0. The van der Waals surface area contributed by atoms with Crippen LogP contribution in [0.5, 0.6) is 5.75 Å². The fourth-order valence-corrected chi connectivity index (χ4v) is 6.37. The summed E-state index contributed by atoms with van der Waals surface area (Å²) >= 11 is 0.964. The van der Waals surface area contributed by atoms with Crippen molar-refractivity contribution in [1.29, 1.82) is 0 Å². The molecule has 3 aromatic carbocycles. The van der Waals surface area contributed by atoms with Crippen LogP contribution >= 0.6 is 11.3 Å². The minimum atomic E-state index is -1.46. The van der Waals surface area contributed by atoms with Gasteiger partial charge in [-0.25, -0.2) is 24.2 Å². The van der Waals surface area contributed by atoms with Crippen LogP contribution in [0.1, 0.15) is 70.9 Å². The van der Waals surface area contributed by atoms with Crippen molar-refractivity contribution in [2.24, 2.45) is 12.2 Å². The van der Waals surface area contributed by atoms with Crippen molar-refractivity contribution in [2.45, 2.75) is 77.9 Å². The Kier molecular flexibility index (Phi) is 15.2. The first kappa shape index (κ1) is 45.3. The van der Waals surface area contributed by atoms with Crippen molar-refractivity contribution in [3.63, 3.8) is 0 Å². The first-order valence-corrected chi connectivity index (χ1v) is 20.3. The number of carbonyl (C=O) groups excluding carboxylic acids is 3. The van der Waals surface area contributed by atoms with Gasteiger partial charge in [-0.1, -0.05) is 78.0 Å². The van der Waals surface area contributed by atoms with Crippen LogP contribution in [-0.2, 0) is 42.2 Å². The van der Waals surface area contributed by atoms with E-state index in [0.717, 1.165) is 33.6 Å². The molecule has 0 aliphatic carbocycles. The zero-order valence-electron chi connectivity index (χ0n) is 35.1. The van der Waals surface area contributed by atoms with Crippen LogP contribution in [0.3, 0.4) is 0 Å². The number of ether oxygens (including phenoxy) is 4. The van der Waals surface area contributed by atoms with E-state index < -0.39 is 59.9 Å². The van der Waals surface area contributed by atoms with E-state index in [9.17, 15) is 24.3 Å². The Morgan fingerprint density at radius 3 is 2.05 bits per heavy atom. The molecule has 0 saturated carbocycles. The molecule has 0 bridgehead atoms. The highest BCUT2D eigenvalue weighted by Crippen LogP contribution is 2.28. The minimum absolute atomic E-state index is 0.0808. The van der Waals surface area contributed by atoms with Gasteiger partial charge in [0, 0.05) is 11.9 Å². The summed E-state index contributed by atoms with van der Waals surface area (Å²) in [5.74, 6) is -1.95. The first-order valence-electron chi connectivity index (χ1n) is 19.4. The molecule has 1 unspecified atom stereocenters. The van der Waals surface area contributed by atoms with Crippen molar-refractivity contribution in [1.82, 2.24) is 15.0 Å². The van der Waals surface area contributed by atoms with Gasteiger partial charge in [0.2, 0.25) is 18.0 Å². The molecule has 61 heavy (non-hydrogen) atoms. The fraction of sp³-hybridized carbons (Fsp3) is 0.341. The van der Waals surface area contributed by atoms with Gasteiger partial charge in [-0.3, -0.25) is 5.32 Å². The lowest BCUT2D eigenvalue weighted by Gasteiger charge is -2.23. The number of hydrogen-bond acceptors (Lipinski definition) is 12. The number of carbonyl (C=O) groups is 4. The predicted molar refractivity (Wildman–Crippen MR) is 227 cm³/mol. The van der Waals surface area contributed by atoms with Gasteiger partial charge in [-0.2, -0.15) is 4.68 Å². The van der Waals surface area contributed by atoms with Gasteiger partial charge in [0.15, 0.2) is 24.9 Å². The quantitative estimate of drug-likeness (QED) is 0.0213. The number of nitrogens with one attached hydrogen (secondary N) is 2. The SMILES string of the molecule is C[n+]1cc(-c2ccc(OC(CON=C(C(=O)O)c3csc(NC(=O)OC(C)(C)C)n3)C(=O)OC(c3ccccc3)c3ccccc3)cc2)cn1CCCNC(=O)OC(C)(C)C. The third-order valence-corrected chi connectivity index (χ3v) is 9.12. The molecule has 3 N–H and O–H groups in total. The molecule has 2 heterocycles. The number of aliphatic carboxylic acids is 1. The summed E-state index contributed by atoms with van der Waals surface area (Å²) < 4.78 is 26.8. The molecule has 2 amide bonds. The summed E-state index contributed by atoms with van der Waals surface area (Å²) in [7, 11) is 1.92. The lowest BCUT2D eigenvalue weighted by molar-refractivity contribution is -0.753. The normalized spacial score (nSPS) is 12.3. The summed E-state index contributed by atoms with van der Waals surface area (Å²) in [5.41, 5.74) is 1.24. The summed E-state index contributed by atoms with van der Waals surface area (Å²) in [5, 5.41) is 20.5. The van der Waals surface area contributed by atoms with Gasteiger partial charge in [0.25, 0.3) is 0 Å². The smallest absolute Gasteiger partial charge is 0.413 e. The molecule has 5 aromatic rings. The van der Waals surface area contributed by atoms with Crippen LogP contribution in [0.15, 0.2) is 108 Å². The minimum Gasteiger partial charge on any atom is -0.476 e. The van der Waals surface area contributed by atoms with E-state index in [4.69, 9.17) is 23.8 Å². The maximum atomic E-state index is 14.0. The maximum Gasteiger partial charge on any atom is 0.413 e. The van der Waals surface area contributed by atoms with E-state index in [0.29, 0.717) is 25.3 Å². The third-order valence-electron chi connectivity index (χ3n) is 8.36. The van der Waals surface area contributed by atoms with Gasteiger partial charge in [0.05, 0.1) is 18.3 Å². The number of aromatic nitrogens is 3. The van der Waals surface area contributed by atoms with E-state index in [-0.39, 0.29) is 10.8 Å². The number of carboxylic acids is 1. The Morgan fingerprint density at radius 2 is 1.46 bits per heavy atom. The Labute approximate surface area is 358 Å². The van der Waals surface area contributed by atoms with Crippen molar-refractivity contribution >= 4 is 46.3 Å². The lowest BCUT2D eigenvalue weighted by Crippen LogP contribution is -2.39. The largest absolute Gasteiger partial charge is 0.476 e. The number of thiazole rings is 1. The Hall–Kier alpha value is -6.75. The third kappa shape index (κ3) is 14.2. The molecule has 1 atom stereocenters. The molecule has 17 heteroatoms. The summed E-state index contributed by atoms with van der Waals surface area (Å²) in [4.78, 5) is 60.2. The van der Waals surface area contributed by atoms with Crippen LogP contribution in [0, 0.1) is 0 Å². The van der Waals surface area contributed by atoms with Gasteiger partial charge in [0.1, 0.15) is 22.6 Å². The molecule has 322 valence electrons. The topological polar surface area (TPSA) is 193 Å². The summed E-state index contributed by atoms with van der Waals surface area (Å²) in [6.45, 7) is 11.1. The fourth-order valence-electron chi connectivity index (χ4n) is 5.69. The number of esters is 1. The van der Waals surface area contributed by atoms with Crippen molar-refractivity contribution < 1.29 is 52.8 Å². The number of benzene rings is 3. The van der Waals surface area contributed by atoms with Crippen molar-refractivity contribution in [3.8, 4) is 16.9 Å². The molecule has 16 nitrogen and oxygen atoms in total. The maximum absolute atomic E-state index is 14.0. The number of anilines is 1. The van der Waals surface area contributed by atoms with Gasteiger partial charge in [-0.15, -0.1) is 16.0 Å². The number of hydrogen-bond donors (Lipinski definition) is 3. The molecule has 2 aromatic heterocycles. The van der Waals surface area contributed by atoms with Gasteiger partial charge < -0.3 is 34.2 Å². The Bertz CT molecular complexity index is 2240. The first-order chi connectivity index (χ1) is 28.9. The van der Waals surface area contributed by atoms with E-state index in [1.165, 1.54) is 5.38 Å². The summed E-state index contributed by atoms with van der Waals surface area (Å²) in [6, 6.07) is 25.5. The number of oxime groups is 1.